The largest absolute Gasteiger partial charge is 0.334 e. The Hall–Kier alpha value is -2.70. The maximum Gasteiger partial charge on any atom is 0.321 e. The lowest BCUT2D eigenvalue weighted by Gasteiger charge is -2.21. The van der Waals surface area contributed by atoms with Crippen LogP contribution in [0.25, 0.3) is 0 Å². The summed E-state index contributed by atoms with van der Waals surface area (Å²) in [6, 6.07) is 19.3. The number of carbonyl (C=O) groups is 2. The van der Waals surface area contributed by atoms with Crippen molar-refractivity contribution in [3.8, 4) is 0 Å². The quantitative estimate of drug-likeness (QED) is 0.598. The normalized spacial score (nSPS) is 10.6. The van der Waals surface area contributed by atoms with Crippen LogP contribution < -0.4 is 16.4 Å². The van der Waals surface area contributed by atoms with Gasteiger partial charge in [-0.1, -0.05) is 60.7 Å². The molecule has 0 aromatic heterocycles. The zero-order chi connectivity index (χ0) is 19.3. The molecule has 0 unspecified atom stereocenters. The van der Waals surface area contributed by atoms with Gasteiger partial charge in [-0.2, -0.15) is 0 Å². The molecule has 0 atom stereocenters. The molecule has 0 fully saturated rings. The van der Waals surface area contributed by atoms with E-state index in [4.69, 9.17) is 5.73 Å². The van der Waals surface area contributed by atoms with Crippen LogP contribution >= 0.6 is 0 Å². The predicted octanol–water partition coefficient (Wildman–Crippen LogP) is 1.91. The zero-order valence-corrected chi connectivity index (χ0v) is 15.6. The number of amides is 3. The van der Waals surface area contributed by atoms with Crippen molar-refractivity contribution in [2.24, 2.45) is 5.73 Å². The molecule has 0 saturated heterocycles. The standard InChI is InChI=1S/C21H28N4O2/c22-13-16-25(14-11-18-7-3-1-4-8-18)15-12-20(26)24-21(27)23-17-19-9-5-2-6-10-19/h1-10H,11-17,22H2,(H2,23,24,26,27). The van der Waals surface area contributed by atoms with Gasteiger partial charge >= 0.3 is 6.03 Å². The summed E-state index contributed by atoms with van der Waals surface area (Å²) < 4.78 is 0. The van der Waals surface area contributed by atoms with E-state index in [2.05, 4.69) is 27.7 Å². The highest BCUT2D eigenvalue weighted by atomic mass is 16.2. The minimum Gasteiger partial charge on any atom is -0.334 e. The van der Waals surface area contributed by atoms with Crippen molar-refractivity contribution < 1.29 is 9.59 Å². The number of rotatable bonds is 10. The molecule has 0 aliphatic carbocycles. The number of nitrogens with one attached hydrogen (secondary N) is 2. The van der Waals surface area contributed by atoms with E-state index < -0.39 is 6.03 Å². The van der Waals surface area contributed by atoms with Crippen molar-refractivity contribution in [2.75, 3.05) is 26.2 Å². The third-order valence-corrected chi connectivity index (χ3v) is 4.21. The first-order chi connectivity index (χ1) is 13.2. The first-order valence-electron chi connectivity index (χ1n) is 9.25. The molecule has 0 heterocycles. The van der Waals surface area contributed by atoms with E-state index in [1.54, 1.807) is 0 Å². The Kier molecular flexibility index (Phi) is 9.03. The van der Waals surface area contributed by atoms with Crippen LogP contribution in [0.5, 0.6) is 0 Å². The summed E-state index contributed by atoms with van der Waals surface area (Å²) in [5.41, 5.74) is 7.91. The lowest BCUT2D eigenvalue weighted by Crippen LogP contribution is -2.41. The maximum atomic E-state index is 12.0. The van der Waals surface area contributed by atoms with Gasteiger partial charge in [0.25, 0.3) is 0 Å². The summed E-state index contributed by atoms with van der Waals surface area (Å²) in [6.07, 6.45) is 1.16. The second kappa shape index (κ2) is 11.8. The van der Waals surface area contributed by atoms with Crippen LogP contribution in [0.1, 0.15) is 17.5 Å². The average molecular weight is 368 g/mol. The van der Waals surface area contributed by atoms with E-state index in [1.807, 2.05) is 48.5 Å². The smallest absolute Gasteiger partial charge is 0.321 e. The number of carbonyl (C=O) groups excluding carboxylic acids is 2. The first kappa shape index (κ1) is 20.6. The Morgan fingerprint density at radius 2 is 1.48 bits per heavy atom. The minimum absolute atomic E-state index is 0.257. The Morgan fingerprint density at radius 1 is 0.852 bits per heavy atom. The maximum absolute atomic E-state index is 12.0. The van der Waals surface area contributed by atoms with E-state index in [9.17, 15) is 9.59 Å². The number of nitrogens with two attached hydrogens (primary N) is 1. The highest BCUT2D eigenvalue weighted by molar-refractivity contribution is 5.94. The van der Waals surface area contributed by atoms with Gasteiger partial charge in [0.05, 0.1) is 0 Å². The van der Waals surface area contributed by atoms with Crippen LogP contribution in [0, 0.1) is 0 Å². The van der Waals surface area contributed by atoms with Crippen molar-refractivity contribution in [3.05, 3.63) is 71.8 Å². The third kappa shape index (κ3) is 8.48. The van der Waals surface area contributed by atoms with Crippen molar-refractivity contribution >= 4 is 11.9 Å². The van der Waals surface area contributed by atoms with Gasteiger partial charge in [0, 0.05) is 39.1 Å². The molecule has 2 aromatic rings. The molecule has 2 aromatic carbocycles. The fraction of sp³-hybridized carbons (Fsp3) is 0.333. The molecule has 27 heavy (non-hydrogen) atoms. The molecule has 0 spiro atoms. The van der Waals surface area contributed by atoms with Crippen molar-refractivity contribution in [2.45, 2.75) is 19.4 Å². The highest BCUT2D eigenvalue weighted by Crippen LogP contribution is 2.02. The monoisotopic (exact) mass is 368 g/mol. The van der Waals surface area contributed by atoms with Gasteiger partial charge in [-0.15, -0.1) is 0 Å². The number of hydrogen-bond acceptors (Lipinski definition) is 4. The number of urea groups is 1. The minimum atomic E-state index is -0.474. The Bertz CT molecular complexity index is 692. The molecule has 0 saturated carbocycles. The molecular weight excluding hydrogens is 340 g/mol. The average Bonchev–Trinajstić information content (AvgIpc) is 2.70. The van der Waals surface area contributed by atoms with Gasteiger partial charge in [-0.05, 0) is 17.5 Å². The molecule has 0 aliphatic heterocycles. The summed E-state index contributed by atoms with van der Waals surface area (Å²) in [4.78, 5) is 26.0. The SMILES string of the molecule is NCCN(CCC(=O)NC(=O)NCc1ccccc1)CCc1ccccc1. The topological polar surface area (TPSA) is 87.5 Å². The fourth-order valence-corrected chi connectivity index (χ4v) is 2.72. The van der Waals surface area contributed by atoms with Crippen molar-refractivity contribution in [1.29, 1.82) is 0 Å². The molecule has 2 rings (SSSR count). The second-order valence-corrected chi connectivity index (χ2v) is 6.33. The molecule has 0 radical (unpaired) electrons. The van der Waals surface area contributed by atoms with Gasteiger partial charge in [-0.25, -0.2) is 4.79 Å². The van der Waals surface area contributed by atoms with Crippen LogP contribution in [0.4, 0.5) is 4.79 Å². The van der Waals surface area contributed by atoms with E-state index in [0.29, 0.717) is 19.6 Å². The Labute approximate surface area is 160 Å². The van der Waals surface area contributed by atoms with Gasteiger partial charge < -0.3 is 16.0 Å². The summed E-state index contributed by atoms with van der Waals surface area (Å²) >= 11 is 0. The van der Waals surface area contributed by atoms with E-state index >= 15 is 0 Å². The highest BCUT2D eigenvalue weighted by Gasteiger charge is 2.11. The van der Waals surface area contributed by atoms with E-state index in [0.717, 1.165) is 25.1 Å². The summed E-state index contributed by atoms with van der Waals surface area (Å²) in [5.74, 6) is -0.290. The summed E-state index contributed by atoms with van der Waals surface area (Å²) in [7, 11) is 0. The second-order valence-electron chi connectivity index (χ2n) is 6.33. The predicted molar refractivity (Wildman–Crippen MR) is 107 cm³/mol. The van der Waals surface area contributed by atoms with Crippen LogP contribution in [-0.2, 0) is 17.8 Å². The molecule has 0 aliphatic rings. The number of hydrogen-bond donors (Lipinski definition) is 3. The van der Waals surface area contributed by atoms with Gasteiger partial charge in [0.1, 0.15) is 0 Å². The molecule has 0 bridgehead atoms. The molecule has 144 valence electrons. The molecule has 6 heteroatoms. The van der Waals surface area contributed by atoms with Crippen LogP contribution in [0.15, 0.2) is 60.7 Å². The van der Waals surface area contributed by atoms with E-state index in [-0.39, 0.29) is 12.3 Å². The molecule has 3 amide bonds. The van der Waals surface area contributed by atoms with Crippen molar-refractivity contribution in [1.82, 2.24) is 15.5 Å². The summed E-state index contributed by atoms with van der Waals surface area (Å²) in [6.45, 7) is 3.04. The lowest BCUT2D eigenvalue weighted by atomic mass is 10.1. The van der Waals surface area contributed by atoms with Gasteiger partial charge in [-0.3, -0.25) is 10.1 Å². The van der Waals surface area contributed by atoms with Crippen LogP contribution in [0.2, 0.25) is 0 Å². The lowest BCUT2D eigenvalue weighted by molar-refractivity contribution is -0.120. The molecule has 6 nitrogen and oxygen atoms in total. The van der Waals surface area contributed by atoms with E-state index in [1.165, 1.54) is 5.56 Å². The zero-order valence-electron chi connectivity index (χ0n) is 15.6. The number of nitrogens with zero attached hydrogens (tertiary/aromatic N) is 1. The molecule has 4 N–H and O–H groups in total. The van der Waals surface area contributed by atoms with Crippen LogP contribution in [-0.4, -0.2) is 43.0 Å². The Morgan fingerprint density at radius 3 is 2.11 bits per heavy atom. The van der Waals surface area contributed by atoms with Crippen molar-refractivity contribution in [3.63, 3.8) is 0 Å². The third-order valence-electron chi connectivity index (χ3n) is 4.21. The Balaban J connectivity index is 1.68. The van der Waals surface area contributed by atoms with Crippen LogP contribution in [0.3, 0.4) is 0 Å². The number of benzene rings is 2. The van der Waals surface area contributed by atoms with Gasteiger partial charge in [0.15, 0.2) is 0 Å². The molecular formula is C21H28N4O2. The fourth-order valence-electron chi connectivity index (χ4n) is 2.72. The summed E-state index contributed by atoms with van der Waals surface area (Å²) in [5, 5.41) is 5.06. The number of imide groups is 1. The first-order valence-corrected chi connectivity index (χ1v) is 9.25. The van der Waals surface area contributed by atoms with Gasteiger partial charge in [0.2, 0.25) is 5.91 Å².